The largest absolute Gasteiger partial charge is 0.394 e. The lowest BCUT2D eigenvalue weighted by atomic mass is 10.1. The molecule has 0 fully saturated rings. The second-order valence-corrected chi connectivity index (χ2v) is 4.57. The van der Waals surface area contributed by atoms with Crippen LogP contribution in [0.1, 0.15) is 5.69 Å². The summed E-state index contributed by atoms with van der Waals surface area (Å²) in [7, 11) is 0. The zero-order chi connectivity index (χ0) is 13.3. The Kier molecular flexibility index (Phi) is 3.29. The maximum Gasteiger partial charge on any atom is 0.394 e. The maximum atomic E-state index is 12.2. The van der Waals surface area contributed by atoms with Gasteiger partial charge in [-0.3, -0.25) is 5.10 Å². The highest BCUT2D eigenvalue weighted by Gasteiger charge is 2.28. The summed E-state index contributed by atoms with van der Waals surface area (Å²) >= 11 is 3.21. The summed E-state index contributed by atoms with van der Waals surface area (Å²) in [4.78, 5) is 3.89. The molecule has 0 spiro atoms. The van der Waals surface area contributed by atoms with Gasteiger partial charge in [0.15, 0.2) is 0 Å². The van der Waals surface area contributed by atoms with E-state index in [9.17, 15) is 13.2 Å². The second-order valence-electron chi connectivity index (χ2n) is 3.66. The molecule has 0 bridgehead atoms. The third-order valence-electron chi connectivity index (χ3n) is 2.18. The minimum absolute atomic E-state index is 0.0168. The van der Waals surface area contributed by atoms with E-state index in [1.807, 2.05) is 0 Å². The van der Waals surface area contributed by atoms with E-state index >= 15 is 0 Å². The fourth-order valence-corrected chi connectivity index (χ4v) is 1.79. The normalized spacial score (nSPS) is 11.8. The van der Waals surface area contributed by atoms with Crippen molar-refractivity contribution < 1.29 is 13.2 Å². The number of anilines is 1. The predicted molar refractivity (Wildman–Crippen MR) is 63.7 cm³/mol. The SMILES string of the molecule is Nc1ncc(Br)cc1-c1cc(CC(F)(F)F)[nH]n1. The number of nitrogen functional groups attached to an aromatic ring is 1. The summed E-state index contributed by atoms with van der Waals surface area (Å²) in [6.45, 7) is 0. The number of rotatable bonds is 2. The van der Waals surface area contributed by atoms with E-state index in [4.69, 9.17) is 5.73 Å². The van der Waals surface area contributed by atoms with Crippen molar-refractivity contribution in [3.05, 3.63) is 28.5 Å². The summed E-state index contributed by atoms with van der Waals surface area (Å²) in [5, 5.41) is 6.15. The lowest BCUT2D eigenvalue weighted by molar-refractivity contribution is -0.127. The van der Waals surface area contributed by atoms with Gasteiger partial charge in [-0.05, 0) is 28.1 Å². The van der Waals surface area contributed by atoms with Crippen molar-refractivity contribution in [3.63, 3.8) is 0 Å². The van der Waals surface area contributed by atoms with E-state index in [-0.39, 0.29) is 11.5 Å². The molecule has 0 saturated heterocycles. The first-order valence-corrected chi connectivity index (χ1v) is 5.67. The molecule has 18 heavy (non-hydrogen) atoms. The van der Waals surface area contributed by atoms with E-state index in [1.165, 1.54) is 12.3 Å². The van der Waals surface area contributed by atoms with Gasteiger partial charge < -0.3 is 5.73 Å². The van der Waals surface area contributed by atoms with Crippen LogP contribution in [0.2, 0.25) is 0 Å². The highest BCUT2D eigenvalue weighted by Crippen LogP contribution is 2.27. The van der Waals surface area contributed by atoms with E-state index in [0.717, 1.165) is 0 Å². The van der Waals surface area contributed by atoms with Crippen molar-refractivity contribution in [2.45, 2.75) is 12.6 Å². The number of nitrogens with one attached hydrogen (secondary N) is 1. The number of pyridine rings is 1. The molecule has 2 aromatic rings. The molecule has 2 heterocycles. The van der Waals surface area contributed by atoms with Crippen LogP contribution in [0.15, 0.2) is 22.8 Å². The van der Waals surface area contributed by atoms with Crippen molar-refractivity contribution in [2.75, 3.05) is 5.73 Å². The van der Waals surface area contributed by atoms with Gasteiger partial charge in [0.2, 0.25) is 0 Å². The van der Waals surface area contributed by atoms with E-state index in [1.54, 1.807) is 6.07 Å². The molecule has 2 aromatic heterocycles. The molecule has 8 heteroatoms. The first-order valence-electron chi connectivity index (χ1n) is 4.87. The third kappa shape index (κ3) is 3.00. The topological polar surface area (TPSA) is 67.6 Å². The molecule has 2 rings (SSSR count). The fourth-order valence-electron chi connectivity index (χ4n) is 1.46. The number of nitrogens with zero attached hydrogens (tertiary/aromatic N) is 2. The van der Waals surface area contributed by atoms with Crippen LogP contribution in [0, 0.1) is 0 Å². The molecule has 0 aliphatic heterocycles. The van der Waals surface area contributed by atoms with Gasteiger partial charge in [-0.1, -0.05) is 0 Å². The van der Waals surface area contributed by atoms with Crippen molar-refractivity contribution in [1.29, 1.82) is 0 Å². The van der Waals surface area contributed by atoms with Gasteiger partial charge in [0, 0.05) is 21.9 Å². The molecule has 0 unspecified atom stereocenters. The minimum Gasteiger partial charge on any atom is -0.383 e. The third-order valence-corrected chi connectivity index (χ3v) is 2.62. The van der Waals surface area contributed by atoms with Gasteiger partial charge in [0.1, 0.15) is 5.82 Å². The van der Waals surface area contributed by atoms with Gasteiger partial charge in [0.25, 0.3) is 0 Å². The zero-order valence-corrected chi connectivity index (χ0v) is 10.5. The quantitative estimate of drug-likeness (QED) is 0.894. The van der Waals surface area contributed by atoms with Gasteiger partial charge in [-0.15, -0.1) is 0 Å². The Morgan fingerprint density at radius 3 is 2.72 bits per heavy atom. The van der Waals surface area contributed by atoms with Crippen LogP contribution in [0.5, 0.6) is 0 Å². The summed E-state index contributed by atoms with van der Waals surface area (Å²) < 4.78 is 37.3. The standard InChI is InChI=1S/C10H8BrF3N4/c11-5-1-7(9(15)16-4-5)8-2-6(17-18-8)3-10(12,13)14/h1-2,4H,3H2,(H2,15,16)(H,17,18). The smallest absolute Gasteiger partial charge is 0.383 e. The second kappa shape index (κ2) is 4.60. The van der Waals surface area contributed by atoms with Gasteiger partial charge in [0.05, 0.1) is 12.1 Å². The minimum atomic E-state index is -4.27. The molecule has 3 N–H and O–H groups in total. The number of halogens is 4. The first-order chi connectivity index (χ1) is 8.35. The number of aromatic amines is 1. The van der Waals surface area contributed by atoms with Crippen LogP contribution in [0.3, 0.4) is 0 Å². The number of H-pyrrole nitrogens is 1. The highest BCUT2D eigenvalue weighted by atomic mass is 79.9. The average Bonchev–Trinajstić information content (AvgIpc) is 2.67. The lowest BCUT2D eigenvalue weighted by Gasteiger charge is -2.02. The van der Waals surface area contributed by atoms with E-state index < -0.39 is 12.6 Å². The Morgan fingerprint density at radius 1 is 1.33 bits per heavy atom. The molecular weight excluding hydrogens is 313 g/mol. The van der Waals surface area contributed by atoms with Crippen LogP contribution < -0.4 is 5.73 Å². The number of hydrogen-bond acceptors (Lipinski definition) is 3. The average molecular weight is 321 g/mol. The van der Waals surface area contributed by atoms with Crippen LogP contribution in [-0.2, 0) is 6.42 Å². The highest BCUT2D eigenvalue weighted by molar-refractivity contribution is 9.10. The van der Waals surface area contributed by atoms with Crippen LogP contribution in [0.4, 0.5) is 19.0 Å². The van der Waals surface area contributed by atoms with Crippen LogP contribution >= 0.6 is 15.9 Å². The molecule has 0 aliphatic rings. The summed E-state index contributed by atoms with van der Waals surface area (Å²) in [6, 6.07) is 2.96. The van der Waals surface area contributed by atoms with Gasteiger partial charge in [-0.25, -0.2) is 4.98 Å². The van der Waals surface area contributed by atoms with Crippen molar-refractivity contribution in [2.24, 2.45) is 0 Å². The Hall–Kier alpha value is -1.57. The molecule has 0 radical (unpaired) electrons. The van der Waals surface area contributed by atoms with Crippen LogP contribution in [-0.4, -0.2) is 21.4 Å². The lowest BCUT2D eigenvalue weighted by Crippen LogP contribution is -2.11. The van der Waals surface area contributed by atoms with Gasteiger partial charge >= 0.3 is 6.18 Å². The molecule has 0 aromatic carbocycles. The molecule has 0 saturated carbocycles. The maximum absolute atomic E-state index is 12.2. The van der Waals surface area contributed by atoms with E-state index in [2.05, 4.69) is 31.1 Å². The first kappa shape index (κ1) is 12.9. The summed E-state index contributed by atoms with van der Waals surface area (Å²) in [5.74, 6) is 0.211. The molecule has 96 valence electrons. The Morgan fingerprint density at radius 2 is 2.06 bits per heavy atom. The summed E-state index contributed by atoms with van der Waals surface area (Å²) in [5.41, 5.74) is 6.45. The monoisotopic (exact) mass is 320 g/mol. The number of hydrogen-bond donors (Lipinski definition) is 2. The van der Waals surface area contributed by atoms with Gasteiger partial charge in [-0.2, -0.15) is 18.3 Å². The number of aromatic nitrogens is 3. The zero-order valence-electron chi connectivity index (χ0n) is 8.92. The molecule has 4 nitrogen and oxygen atoms in total. The van der Waals surface area contributed by atoms with Crippen LogP contribution in [0.25, 0.3) is 11.3 Å². The molecule has 0 aliphatic carbocycles. The Labute approximate surface area is 109 Å². The number of nitrogens with two attached hydrogens (primary N) is 1. The van der Waals surface area contributed by atoms with E-state index in [0.29, 0.717) is 15.7 Å². The Bertz CT molecular complexity index is 564. The molecule has 0 atom stereocenters. The predicted octanol–water partition coefficient (Wildman–Crippen LogP) is 2.92. The Balaban J connectivity index is 2.32. The van der Waals surface area contributed by atoms with Crippen molar-refractivity contribution in [3.8, 4) is 11.3 Å². The number of alkyl halides is 3. The summed E-state index contributed by atoms with van der Waals surface area (Å²) in [6.07, 6.45) is -3.83. The fraction of sp³-hybridized carbons (Fsp3) is 0.200. The van der Waals surface area contributed by atoms with Crippen molar-refractivity contribution >= 4 is 21.7 Å². The molecular formula is C10H8BrF3N4. The van der Waals surface area contributed by atoms with Crippen molar-refractivity contribution in [1.82, 2.24) is 15.2 Å². The molecule has 0 amide bonds.